The Balaban J connectivity index is 1.85. The van der Waals surface area contributed by atoms with Crippen molar-refractivity contribution in [1.29, 1.82) is 0 Å². The number of anilines is 2. The zero-order chi connectivity index (χ0) is 13.6. The summed E-state index contributed by atoms with van der Waals surface area (Å²) in [6.07, 6.45) is -4.44. The number of aromatic nitrogens is 2. The van der Waals surface area contributed by atoms with Crippen molar-refractivity contribution in [2.75, 3.05) is 10.6 Å². The summed E-state index contributed by atoms with van der Waals surface area (Å²) < 4.78 is 37.4. The van der Waals surface area contributed by atoms with E-state index in [2.05, 4.69) is 10.2 Å². The Kier molecular flexibility index (Phi) is 2.63. The van der Waals surface area contributed by atoms with E-state index in [0.29, 0.717) is 30.1 Å². The summed E-state index contributed by atoms with van der Waals surface area (Å²) in [7, 11) is 0. The SMILES string of the molecule is Nc1ccc2c(c1)CN(c1nnc(C(F)(F)F)s1)C2. The number of hydrogen-bond donors (Lipinski definition) is 1. The molecule has 1 aromatic carbocycles. The van der Waals surface area contributed by atoms with Gasteiger partial charge in [0, 0.05) is 18.8 Å². The highest BCUT2D eigenvalue weighted by Crippen LogP contribution is 2.37. The normalized spacial score (nSPS) is 14.8. The minimum absolute atomic E-state index is 0.280. The number of nitrogens with two attached hydrogens (primary N) is 1. The Morgan fingerprint density at radius 3 is 2.58 bits per heavy atom. The first-order valence-electron chi connectivity index (χ1n) is 5.46. The molecular weight excluding hydrogens is 277 g/mol. The van der Waals surface area contributed by atoms with E-state index >= 15 is 0 Å². The lowest BCUT2D eigenvalue weighted by Gasteiger charge is -2.11. The second-order valence-electron chi connectivity index (χ2n) is 4.27. The number of nitrogens with zero attached hydrogens (tertiary/aromatic N) is 3. The van der Waals surface area contributed by atoms with Crippen molar-refractivity contribution < 1.29 is 13.2 Å². The zero-order valence-electron chi connectivity index (χ0n) is 9.61. The molecule has 19 heavy (non-hydrogen) atoms. The first kappa shape index (κ1) is 12.2. The van der Waals surface area contributed by atoms with Crippen LogP contribution in [0.2, 0.25) is 0 Å². The molecule has 0 radical (unpaired) electrons. The molecule has 2 heterocycles. The average Bonchev–Trinajstić information content (AvgIpc) is 2.92. The fourth-order valence-corrected chi connectivity index (χ4v) is 2.72. The van der Waals surface area contributed by atoms with Crippen molar-refractivity contribution in [2.24, 2.45) is 0 Å². The fraction of sp³-hybridized carbons (Fsp3) is 0.273. The van der Waals surface area contributed by atoms with Crippen LogP contribution >= 0.6 is 11.3 Å². The fourth-order valence-electron chi connectivity index (χ4n) is 2.01. The lowest BCUT2D eigenvalue weighted by atomic mass is 10.1. The third-order valence-electron chi connectivity index (χ3n) is 2.88. The van der Waals surface area contributed by atoms with Crippen molar-refractivity contribution in [3.63, 3.8) is 0 Å². The third kappa shape index (κ3) is 2.23. The van der Waals surface area contributed by atoms with Gasteiger partial charge in [-0.3, -0.25) is 0 Å². The highest BCUT2D eigenvalue weighted by molar-refractivity contribution is 7.15. The molecule has 0 aliphatic carbocycles. The zero-order valence-corrected chi connectivity index (χ0v) is 10.4. The number of hydrogen-bond acceptors (Lipinski definition) is 5. The van der Waals surface area contributed by atoms with Crippen LogP contribution in [0.1, 0.15) is 16.1 Å². The monoisotopic (exact) mass is 286 g/mol. The van der Waals surface area contributed by atoms with Crippen LogP contribution in [0.4, 0.5) is 24.0 Å². The maximum atomic E-state index is 12.5. The molecule has 1 aliphatic rings. The van der Waals surface area contributed by atoms with E-state index in [0.717, 1.165) is 11.1 Å². The molecule has 0 saturated heterocycles. The minimum atomic E-state index is -4.44. The van der Waals surface area contributed by atoms with Crippen LogP contribution in [-0.4, -0.2) is 10.2 Å². The third-order valence-corrected chi connectivity index (χ3v) is 3.91. The minimum Gasteiger partial charge on any atom is -0.399 e. The van der Waals surface area contributed by atoms with E-state index < -0.39 is 11.2 Å². The molecule has 2 aromatic rings. The smallest absolute Gasteiger partial charge is 0.399 e. The summed E-state index contributed by atoms with van der Waals surface area (Å²) in [6.45, 7) is 1.04. The molecule has 4 nitrogen and oxygen atoms in total. The molecule has 0 unspecified atom stereocenters. The van der Waals surface area contributed by atoms with Gasteiger partial charge in [-0.05, 0) is 23.3 Å². The van der Waals surface area contributed by atoms with Gasteiger partial charge in [-0.15, -0.1) is 10.2 Å². The number of fused-ring (bicyclic) bond motifs is 1. The van der Waals surface area contributed by atoms with E-state index in [-0.39, 0.29) is 5.13 Å². The standard InChI is InChI=1S/C11H9F3N4S/c12-11(13,14)9-16-17-10(19-9)18-4-6-1-2-8(15)3-7(6)5-18/h1-3H,4-5,15H2. The van der Waals surface area contributed by atoms with E-state index in [1.165, 1.54) is 0 Å². The van der Waals surface area contributed by atoms with Crippen LogP contribution in [0, 0.1) is 0 Å². The first-order chi connectivity index (χ1) is 8.93. The van der Waals surface area contributed by atoms with E-state index in [9.17, 15) is 13.2 Å². The molecule has 0 bridgehead atoms. The van der Waals surface area contributed by atoms with Crippen LogP contribution in [0.3, 0.4) is 0 Å². The summed E-state index contributed by atoms with van der Waals surface area (Å²) in [5.41, 5.74) is 8.40. The number of nitrogen functional groups attached to an aromatic ring is 1. The second-order valence-corrected chi connectivity index (χ2v) is 5.23. The van der Waals surface area contributed by atoms with Gasteiger partial charge < -0.3 is 10.6 Å². The molecule has 0 atom stereocenters. The highest BCUT2D eigenvalue weighted by Gasteiger charge is 2.36. The summed E-state index contributed by atoms with van der Waals surface area (Å²) in [4.78, 5) is 1.76. The molecule has 100 valence electrons. The van der Waals surface area contributed by atoms with Crippen LogP contribution in [-0.2, 0) is 19.3 Å². The average molecular weight is 286 g/mol. The Morgan fingerprint density at radius 1 is 1.16 bits per heavy atom. The van der Waals surface area contributed by atoms with Gasteiger partial charge in [0.2, 0.25) is 10.1 Å². The Morgan fingerprint density at radius 2 is 1.89 bits per heavy atom. The summed E-state index contributed by atoms with van der Waals surface area (Å²) >= 11 is 0.559. The maximum absolute atomic E-state index is 12.5. The topological polar surface area (TPSA) is 55.0 Å². The molecule has 8 heteroatoms. The first-order valence-corrected chi connectivity index (χ1v) is 6.28. The van der Waals surface area contributed by atoms with Crippen LogP contribution < -0.4 is 10.6 Å². The largest absolute Gasteiger partial charge is 0.445 e. The molecule has 0 fully saturated rings. The second kappa shape index (κ2) is 4.09. The number of halogens is 3. The maximum Gasteiger partial charge on any atom is 0.445 e. The van der Waals surface area contributed by atoms with Gasteiger partial charge >= 0.3 is 6.18 Å². The molecule has 3 rings (SSSR count). The predicted octanol–water partition coefficient (Wildman–Crippen LogP) is 2.66. The van der Waals surface area contributed by atoms with E-state index in [1.54, 1.807) is 11.0 Å². The highest BCUT2D eigenvalue weighted by atomic mass is 32.1. The number of alkyl halides is 3. The van der Waals surface area contributed by atoms with Crippen molar-refractivity contribution in [2.45, 2.75) is 19.3 Å². The summed E-state index contributed by atoms with van der Waals surface area (Å²) in [5, 5.41) is 6.16. The molecular formula is C11H9F3N4S. The number of rotatable bonds is 1. The number of benzene rings is 1. The molecule has 0 spiro atoms. The van der Waals surface area contributed by atoms with Gasteiger partial charge in [0.15, 0.2) is 0 Å². The van der Waals surface area contributed by atoms with Crippen molar-refractivity contribution in [3.8, 4) is 0 Å². The van der Waals surface area contributed by atoms with Crippen molar-refractivity contribution in [1.82, 2.24) is 10.2 Å². The molecule has 1 aromatic heterocycles. The van der Waals surface area contributed by atoms with Crippen LogP contribution in [0.15, 0.2) is 18.2 Å². The van der Waals surface area contributed by atoms with Gasteiger partial charge in [0.25, 0.3) is 0 Å². The summed E-state index contributed by atoms with van der Waals surface area (Å²) in [5.74, 6) is 0. The van der Waals surface area contributed by atoms with E-state index in [4.69, 9.17) is 5.73 Å². The van der Waals surface area contributed by atoms with E-state index in [1.807, 2.05) is 12.1 Å². The van der Waals surface area contributed by atoms with Gasteiger partial charge in [-0.1, -0.05) is 17.4 Å². The van der Waals surface area contributed by atoms with Crippen LogP contribution in [0.25, 0.3) is 0 Å². The Hall–Kier alpha value is -1.83. The molecule has 0 saturated carbocycles. The van der Waals surface area contributed by atoms with Gasteiger partial charge in [0.1, 0.15) is 0 Å². The summed E-state index contributed by atoms with van der Waals surface area (Å²) in [6, 6.07) is 5.50. The molecule has 1 aliphatic heterocycles. The molecule has 0 amide bonds. The quantitative estimate of drug-likeness (QED) is 0.819. The van der Waals surface area contributed by atoms with Gasteiger partial charge in [-0.2, -0.15) is 13.2 Å². The van der Waals surface area contributed by atoms with Crippen molar-refractivity contribution >= 4 is 22.2 Å². The van der Waals surface area contributed by atoms with Gasteiger partial charge in [-0.25, -0.2) is 0 Å². The van der Waals surface area contributed by atoms with Crippen LogP contribution in [0.5, 0.6) is 0 Å². The van der Waals surface area contributed by atoms with Crippen molar-refractivity contribution in [3.05, 3.63) is 34.3 Å². The lowest BCUT2D eigenvalue weighted by Crippen LogP contribution is -2.13. The Bertz CT molecular complexity index is 623. The lowest BCUT2D eigenvalue weighted by molar-refractivity contribution is -0.138. The predicted molar refractivity (Wildman–Crippen MR) is 65.7 cm³/mol. The van der Waals surface area contributed by atoms with Gasteiger partial charge in [0.05, 0.1) is 0 Å². The Labute approximate surface area is 110 Å². The molecule has 2 N–H and O–H groups in total.